The van der Waals surface area contributed by atoms with Gasteiger partial charge >= 0.3 is 6.18 Å². The van der Waals surface area contributed by atoms with E-state index in [4.69, 9.17) is 11.6 Å². The molecule has 4 aromatic rings. The van der Waals surface area contributed by atoms with Gasteiger partial charge in [0, 0.05) is 16.3 Å². The Kier molecular flexibility index (Phi) is 7.52. The lowest BCUT2D eigenvalue weighted by Crippen LogP contribution is -2.20. The molecule has 1 amide bonds. The lowest BCUT2D eigenvalue weighted by molar-refractivity contribution is -0.137. The Morgan fingerprint density at radius 1 is 1.00 bits per heavy atom. The minimum absolute atomic E-state index is 0.00906. The standard InChI is InChI=1S/C24H17ClF3N5OS/c25-19-10-12-20(13-11-19)33-22(17-4-2-1-3-5-17)31-32-23(33)35-15-21(34)30-29-14-16-6-8-18(9-7-16)24(26,27)28/h1-14H,15H2,(H,30,34)/b29-14-. The molecule has 178 valence electrons. The minimum atomic E-state index is -4.41. The summed E-state index contributed by atoms with van der Waals surface area (Å²) >= 11 is 7.20. The van der Waals surface area contributed by atoms with Gasteiger partial charge in [-0.1, -0.05) is 65.8 Å². The highest BCUT2D eigenvalue weighted by Crippen LogP contribution is 2.29. The zero-order valence-electron chi connectivity index (χ0n) is 17.9. The number of carbonyl (C=O) groups is 1. The Hall–Kier alpha value is -3.63. The van der Waals surface area contributed by atoms with Crippen LogP contribution in [0.4, 0.5) is 13.2 Å². The van der Waals surface area contributed by atoms with Crippen molar-refractivity contribution in [3.05, 3.63) is 95.0 Å². The third kappa shape index (κ3) is 6.28. The van der Waals surface area contributed by atoms with E-state index in [1.54, 1.807) is 12.1 Å². The van der Waals surface area contributed by atoms with E-state index in [1.165, 1.54) is 30.1 Å². The van der Waals surface area contributed by atoms with Crippen LogP contribution in [0.2, 0.25) is 5.02 Å². The largest absolute Gasteiger partial charge is 0.416 e. The summed E-state index contributed by atoms with van der Waals surface area (Å²) in [5, 5.41) is 13.5. The number of nitrogens with one attached hydrogen (secondary N) is 1. The fraction of sp³-hybridized carbons (Fsp3) is 0.0833. The highest BCUT2D eigenvalue weighted by molar-refractivity contribution is 7.99. The molecule has 11 heteroatoms. The van der Waals surface area contributed by atoms with Crippen LogP contribution >= 0.6 is 23.4 Å². The molecule has 6 nitrogen and oxygen atoms in total. The van der Waals surface area contributed by atoms with Gasteiger partial charge < -0.3 is 0 Å². The van der Waals surface area contributed by atoms with Gasteiger partial charge in [0.05, 0.1) is 17.5 Å². The molecule has 0 bridgehead atoms. The van der Waals surface area contributed by atoms with Crippen molar-refractivity contribution in [1.82, 2.24) is 20.2 Å². The molecule has 1 heterocycles. The Bertz CT molecular complexity index is 1320. The van der Waals surface area contributed by atoms with E-state index >= 15 is 0 Å². The average Bonchev–Trinajstić information content (AvgIpc) is 3.27. The number of alkyl halides is 3. The number of aromatic nitrogens is 3. The molecule has 0 spiro atoms. The third-order valence-electron chi connectivity index (χ3n) is 4.72. The Balaban J connectivity index is 1.44. The number of hydrogen-bond donors (Lipinski definition) is 1. The van der Waals surface area contributed by atoms with Gasteiger partial charge in [-0.15, -0.1) is 10.2 Å². The maximum atomic E-state index is 12.6. The van der Waals surface area contributed by atoms with Gasteiger partial charge in [-0.3, -0.25) is 9.36 Å². The van der Waals surface area contributed by atoms with Gasteiger partial charge in [-0.05, 0) is 42.0 Å². The first-order valence-electron chi connectivity index (χ1n) is 10.2. The van der Waals surface area contributed by atoms with Gasteiger partial charge in [-0.25, -0.2) is 5.43 Å². The van der Waals surface area contributed by atoms with Gasteiger partial charge in [0.25, 0.3) is 5.91 Å². The van der Waals surface area contributed by atoms with Crippen molar-refractivity contribution in [3.8, 4) is 17.1 Å². The van der Waals surface area contributed by atoms with E-state index in [0.717, 1.165) is 23.4 Å². The topological polar surface area (TPSA) is 72.2 Å². The van der Waals surface area contributed by atoms with Gasteiger partial charge in [0.2, 0.25) is 0 Å². The summed E-state index contributed by atoms with van der Waals surface area (Å²) in [5.41, 5.74) is 3.66. The van der Waals surface area contributed by atoms with E-state index in [2.05, 4.69) is 20.7 Å². The summed E-state index contributed by atoms with van der Waals surface area (Å²) < 4.78 is 39.8. The van der Waals surface area contributed by atoms with Crippen molar-refractivity contribution in [2.75, 3.05) is 5.75 Å². The van der Waals surface area contributed by atoms with Crippen LogP contribution in [0.25, 0.3) is 17.1 Å². The summed E-state index contributed by atoms with van der Waals surface area (Å²) in [4.78, 5) is 12.3. The fourth-order valence-electron chi connectivity index (χ4n) is 3.06. The molecule has 1 aromatic heterocycles. The van der Waals surface area contributed by atoms with Crippen molar-refractivity contribution in [2.45, 2.75) is 11.3 Å². The zero-order chi connectivity index (χ0) is 24.8. The SMILES string of the molecule is O=C(CSc1nnc(-c2ccccc2)n1-c1ccc(Cl)cc1)N/N=C\c1ccc(C(F)(F)F)cc1. The van der Waals surface area contributed by atoms with Crippen LogP contribution in [-0.4, -0.2) is 32.6 Å². The molecule has 0 aliphatic rings. The number of rotatable bonds is 7. The van der Waals surface area contributed by atoms with E-state index in [9.17, 15) is 18.0 Å². The summed E-state index contributed by atoms with van der Waals surface area (Å²) in [6.07, 6.45) is -3.14. The van der Waals surface area contributed by atoms with Crippen molar-refractivity contribution in [2.24, 2.45) is 5.10 Å². The number of benzene rings is 3. The molecule has 4 rings (SSSR count). The summed E-state index contributed by atoms with van der Waals surface area (Å²) in [6, 6.07) is 21.1. The second kappa shape index (κ2) is 10.7. The van der Waals surface area contributed by atoms with Crippen LogP contribution in [0.3, 0.4) is 0 Å². The predicted molar refractivity (Wildman–Crippen MR) is 130 cm³/mol. The van der Waals surface area contributed by atoms with E-state index in [-0.39, 0.29) is 5.75 Å². The zero-order valence-corrected chi connectivity index (χ0v) is 19.5. The maximum absolute atomic E-state index is 12.6. The van der Waals surface area contributed by atoms with Crippen molar-refractivity contribution in [1.29, 1.82) is 0 Å². The van der Waals surface area contributed by atoms with E-state index in [1.807, 2.05) is 47.0 Å². The molecule has 1 N–H and O–H groups in total. The number of thioether (sulfide) groups is 1. The molecule has 35 heavy (non-hydrogen) atoms. The third-order valence-corrected chi connectivity index (χ3v) is 5.90. The van der Waals surface area contributed by atoms with Crippen LogP contribution in [0.1, 0.15) is 11.1 Å². The first-order valence-corrected chi connectivity index (χ1v) is 11.6. The van der Waals surface area contributed by atoms with Crippen molar-refractivity contribution >= 4 is 35.5 Å². The Morgan fingerprint density at radius 3 is 2.34 bits per heavy atom. The second-order valence-electron chi connectivity index (χ2n) is 7.19. The second-order valence-corrected chi connectivity index (χ2v) is 8.56. The molecular formula is C24H17ClF3N5OS. The van der Waals surface area contributed by atoms with Gasteiger partial charge in [-0.2, -0.15) is 18.3 Å². The van der Waals surface area contributed by atoms with Crippen LogP contribution in [-0.2, 0) is 11.0 Å². The van der Waals surface area contributed by atoms with Crippen LogP contribution in [0.5, 0.6) is 0 Å². The smallest absolute Gasteiger partial charge is 0.272 e. The lowest BCUT2D eigenvalue weighted by Gasteiger charge is -2.10. The first-order chi connectivity index (χ1) is 16.8. The Labute approximate surface area is 207 Å². The average molecular weight is 516 g/mol. The first kappa shape index (κ1) is 24.5. The predicted octanol–water partition coefficient (Wildman–Crippen LogP) is 5.85. The summed E-state index contributed by atoms with van der Waals surface area (Å²) in [5.74, 6) is 0.187. The van der Waals surface area contributed by atoms with Crippen LogP contribution in [0, 0.1) is 0 Å². The van der Waals surface area contributed by atoms with Gasteiger partial charge in [0.15, 0.2) is 11.0 Å². The number of hydrogen-bond acceptors (Lipinski definition) is 5. The number of amides is 1. The molecule has 0 saturated carbocycles. The molecule has 0 radical (unpaired) electrons. The van der Waals surface area contributed by atoms with Crippen molar-refractivity contribution < 1.29 is 18.0 Å². The fourth-order valence-corrected chi connectivity index (χ4v) is 3.93. The molecule has 0 fully saturated rings. The quantitative estimate of drug-likeness (QED) is 0.190. The van der Waals surface area contributed by atoms with Gasteiger partial charge in [0.1, 0.15) is 0 Å². The molecular weight excluding hydrogens is 499 g/mol. The summed E-state index contributed by atoms with van der Waals surface area (Å²) in [7, 11) is 0. The number of nitrogens with zero attached hydrogens (tertiary/aromatic N) is 4. The molecule has 0 unspecified atom stereocenters. The molecule has 0 aliphatic heterocycles. The normalized spacial score (nSPS) is 11.7. The van der Waals surface area contributed by atoms with E-state index < -0.39 is 17.6 Å². The highest BCUT2D eigenvalue weighted by Gasteiger charge is 2.29. The number of carbonyl (C=O) groups excluding carboxylic acids is 1. The molecule has 0 aliphatic carbocycles. The molecule has 0 saturated heterocycles. The lowest BCUT2D eigenvalue weighted by atomic mass is 10.1. The van der Waals surface area contributed by atoms with Crippen molar-refractivity contribution in [3.63, 3.8) is 0 Å². The minimum Gasteiger partial charge on any atom is -0.272 e. The molecule has 0 atom stereocenters. The summed E-state index contributed by atoms with van der Waals surface area (Å²) in [6.45, 7) is 0. The molecule has 3 aromatic carbocycles. The Morgan fingerprint density at radius 2 is 1.69 bits per heavy atom. The number of hydrazone groups is 1. The number of halogens is 4. The van der Waals surface area contributed by atoms with E-state index in [0.29, 0.717) is 21.6 Å². The maximum Gasteiger partial charge on any atom is 0.416 e. The highest BCUT2D eigenvalue weighted by atomic mass is 35.5. The monoisotopic (exact) mass is 515 g/mol. The van der Waals surface area contributed by atoms with Crippen LogP contribution in [0.15, 0.2) is 89.1 Å². The van der Waals surface area contributed by atoms with Crippen LogP contribution < -0.4 is 5.43 Å².